The van der Waals surface area contributed by atoms with E-state index in [1.807, 2.05) is 0 Å². The van der Waals surface area contributed by atoms with E-state index >= 15 is 0 Å². The molecule has 0 aliphatic heterocycles. The molecule has 21 heavy (non-hydrogen) atoms. The number of hydrogen-bond donors (Lipinski definition) is 2. The fraction of sp³-hybridized carbons (Fsp3) is 0.188. The van der Waals surface area contributed by atoms with E-state index in [0.717, 1.165) is 5.56 Å². The molecular formula is C16H15BrFNO2. The first kappa shape index (κ1) is 15.5. The molecule has 0 aliphatic rings. The molecule has 1 amide bonds. The third-order valence-corrected chi connectivity index (χ3v) is 3.65. The topological polar surface area (TPSA) is 49.3 Å². The second kappa shape index (κ2) is 6.26. The first-order chi connectivity index (χ1) is 9.88. The molecule has 2 aromatic rings. The first-order valence-electron chi connectivity index (χ1n) is 6.41. The van der Waals surface area contributed by atoms with Crippen LogP contribution in [-0.2, 0) is 6.54 Å². The van der Waals surface area contributed by atoms with Gasteiger partial charge in [0.05, 0.1) is 5.56 Å². The molecule has 110 valence electrons. The van der Waals surface area contributed by atoms with Crippen molar-refractivity contribution in [1.29, 1.82) is 0 Å². The van der Waals surface area contributed by atoms with Crippen molar-refractivity contribution in [3.05, 3.63) is 62.9 Å². The first-order valence-corrected chi connectivity index (χ1v) is 7.20. The summed E-state index contributed by atoms with van der Waals surface area (Å²) >= 11 is 3.22. The second-order valence-corrected chi connectivity index (χ2v) is 5.80. The third kappa shape index (κ3) is 3.61. The molecule has 0 fully saturated rings. The van der Waals surface area contributed by atoms with Crippen LogP contribution in [0.25, 0.3) is 0 Å². The molecule has 0 saturated carbocycles. The van der Waals surface area contributed by atoms with Gasteiger partial charge in [-0.05, 0) is 48.7 Å². The van der Waals surface area contributed by atoms with E-state index in [2.05, 4.69) is 21.2 Å². The van der Waals surface area contributed by atoms with Gasteiger partial charge in [-0.25, -0.2) is 4.39 Å². The molecule has 2 N–H and O–H groups in total. The number of phenolic OH excluding ortho intramolecular Hbond substituents is 1. The Labute approximate surface area is 130 Å². The van der Waals surface area contributed by atoms with E-state index in [1.54, 1.807) is 32.0 Å². The number of nitrogens with one attached hydrogen (secondary N) is 1. The van der Waals surface area contributed by atoms with Crippen LogP contribution in [-0.4, -0.2) is 11.0 Å². The molecule has 3 nitrogen and oxygen atoms in total. The quantitative estimate of drug-likeness (QED) is 0.882. The van der Waals surface area contributed by atoms with Gasteiger partial charge in [-0.2, -0.15) is 0 Å². The van der Waals surface area contributed by atoms with Gasteiger partial charge in [-0.15, -0.1) is 0 Å². The number of carbonyl (C=O) groups excluding carboxylic acids is 1. The zero-order valence-corrected chi connectivity index (χ0v) is 13.3. The van der Waals surface area contributed by atoms with Crippen molar-refractivity contribution in [2.45, 2.75) is 20.4 Å². The summed E-state index contributed by atoms with van der Waals surface area (Å²) in [6.07, 6.45) is 0. The van der Waals surface area contributed by atoms with Crippen LogP contribution in [0.2, 0.25) is 0 Å². The fourth-order valence-electron chi connectivity index (χ4n) is 2.11. The van der Waals surface area contributed by atoms with Gasteiger partial charge in [0.2, 0.25) is 0 Å². The summed E-state index contributed by atoms with van der Waals surface area (Å²) in [5.74, 6) is -0.691. The Bertz CT molecular complexity index is 678. The molecule has 0 radical (unpaired) electrons. The van der Waals surface area contributed by atoms with Crippen molar-refractivity contribution in [1.82, 2.24) is 5.32 Å². The monoisotopic (exact) mass is 351 g/mol. The zero-order chi connectivity index (χ0) is 15.6. The number of phenols is 1. The van der Waals surface area contributed by atoms with Gasteiger partial charge in [0, 0.05) is 11.0 Å². The van der Waals surface area contributed by atoms with Crippen molar-refractivity contribution in [2.75, 3.05) is 0 Å². The summed E-state index contributed by atoms with van der Waals surface area (Å²) in [6.45, 7) is 3.65. The molecule has 0 saturated heterocycles. The van der Waals surface area contributed by atoms with Gasteiger partial charge in [0.15, 0.2) is 0 Å². The highest BCUT2D eigenvalue weighted by molar-refractivity contribution is 9.10. The summed E-state index contributed by atoms with van der Waals surface area (Å²) in [7, 11) is 0. The van der Waals surface area contributed by atoms with E-state index in [-0.39, 0.29) is 29.6 Å². The van der Waals surface area contributed by atoms with Crippen LogP contribution >= 0.6 is 15.9 Å². The molecule has 0 unspecified atom stereocenters. The lowest BCUT2D eigenvalue weighted by atomic mass is 10.1. The third-order valence-electron chi connectivity index (χ3n) is 3.15. The van der Waals surface area contributed by atoms with Crippen LogP contribution in [0.4, 0.5) is 4.39 Å². The maximum atomic E-state index is 13.5. The minimum Gasteiger partial charge on any atom is -0.507 e. The number of hydrogen-bond acceptors (Lipinski definition) is 2. The average Bonchev–Trinajstić information content (AvgIpc) is 2.42. The lowest BCUT2D eigenvalue weighted by Crippen LogP contribution is -2.23. The maximum absolute atomic E-state index is 13.5. The molecule has 0 spiro atoms. The van der Waals surface area contributed by atoms with Crippen molar-refractivity contribution in [3.8, 4) is 5.75 Å². The molecule has 0 bridgehead atoms. The largest absolute Gasteiger partial charge is 0.507 e. The Morgan fingerprint density at radius 2 is 1.86 bits per heavy atom. The number of carbonyl (C=O) groups is 1. The molecule has 0 aromatic heterocycles. The standard InChI is InChI=1S/C16H15BrFNO2/c1-9-5-11(6-10(2)15(9)18)8-19-16(21)13-4-3-12(17)7-14(13)20/h3-7,20H,8H2,1-2H3,(H,19,21). The molecule has 5 heteroatoms. The van der Waals surface area contributed by atoms with Crippen molar-refractivity contribution in [2.24, 2.45) is 0 Å². The van der Waals surface area contributed by atoms with Crippen molar-refractivity contribution < 1.29 is 14.3 Å². The molecule has 2 aromatic carbocycles. The normalized spacial score (nSPS) is 10.5. The van der Waals surface area contributed by atoms with Crippen LogP contribution < -0.4 is 5.32 Å². The van der Waals surface area contributed by atoms with Crippen molar-refractivity contribution >= 4 is 21.8 Å². The number of amides is 1. The van der Waals surface area contributed by atoms with Gasteiger partial charge in [-0.1, -0.05) is 28.1 Å². The fourth-order valence-corrected chi connectivity index (χ4v) is 2.46. The van der Waals surface area contributed by atoms with E-state index in [1.165, 1.54) is 12.1 Å². The van der Waals surface area contributed by atoms with Crippen LogP contribution in [0.3, 0.4) is 0 Å². The summed E-state index contributed by atoms with van der Waals surface area (Å²) in [5, 5.41) is 12.5. The van der Waals surface area contributed by atoms with Gasteiger partial charge in [0.1, 0.15) is 11.6 Å². The Balaban J connectivity index is 2.11. The predicted molar refractivity (Wildman–Crippen MR) is 82.9 cm³/mol. The van der Waals surface area contributed by atoms with E-state index in [9.17, 15) is 14.3 Å². The molecule has 0 atom stereocenters. The van der Waals surface area contributed by atoms with Gasteiger partial charge in [0.25, 0.3) is 5.91 Å². The van der Waals surface area contributed by atoms with Crippen LogP contribution in [0.1, 0.15) is 27.0 Å². The number of aryl methyl sites for hydroxylation is 2. The SMILES string of the molecule is Cc1cc(CNC(=O)c2ccc(Br)cc2O)cc(C)c1F. The number of halogens is 2. The van der Waals surface area contributed by atoms with E-state index < -0.39 is 0 Å². The zero-order valence-electron chi connectivity index (χ0n) is 11.7. The smallest absolute Gasteiger partial charge is 0.255 e. The Kier molecular flexibility index (Phi) is 4.63. The molecular weight excluding hydrogens is 337 g/mol. The van der Waals surface area contributed by atoms with Crippen LogP contribution in [0.5, 0.6) is 5.75 Å². The Morgan fingerprint density at radius 1 is 1.24 bits per heavy atom. The predicted octanol–water partition coefficient (Wildman–Crippen LogP) is 3.84. The van der Waals surface area contributed by atoms with Crippen molar-refractivity contribution in [3.63, 3.8) is 0 Å². The highest BCUT2D eigenvalue weighted by Crippen LogP contribution is 2.22. The van der Waals surface area contributed by atoms with E-state index in [4.69, 9.17) is 0 Å². The minimum atomic E-state index is -0.375. The van der Waals surface area contributed by atoms with Crippen LogP contribution in [0, 0.1) is 19.7 Å². The molecule has 0 heterocycles. The summed E-state index contributed by atoms with van der Waals surface area (Å²) < 4.78 is 14.2. The van der Waals surface area contributed by atoms with Gasteiger partial charge < -0.3 is 10.4 Å². The summed E-state index contributed by atoms with van der Waals surface area (Å²) in [6, 6.07) is 8.08. The Morgan fingerprint density at radius 3 is 2.43 bits per heavy atom. The summed E-state index contributed by atoms with van der Waals surface area (Å²) in [5.41, 5.74) is 2.11. The Hall–Kier alpha value is -1.88. The minimum absolute atomic E-state index is 0.0895. The van der Waals surface area contributed by atoms with Gasteiger partial charge in [-0.3, -0.25) is 4.79 Å². The average molecular weight is 352 g/mol. The van der Waals surface area contributed by atoms with Gasteiger partial charge >= 0.3 is 0 Å². The molecule has 0 aliphatic carbocycles. The number of rotatable bonds is 3. The lowest BCUT2D eigenvalue weighted by molar-refractivity contribution is 0.0948. The second-order valence-electron chi connectivity index (χ2n) is 4.89. The maximum Gasteiger partial charge on any atom is 0.255 e. The van der Waals surface area contributed by atoms with Crippen LogP contribution in [0.15, 0.2) is 34.8 Å². The highest BCUT2D eigenvalue weighted by Gasteiger charge is 2.11. The highest BCUT2D eigenvalue weighted by atomic mass is 79.9. The number of benzene rings is 2. The number of aromatic hydroxyl groups is 1. The lowest BCUT2D eigenvalue weighted by Gasteiger charge is -2.09. The molecule has 2 rings (SSSR count). The summed E-state index contributed by atoms with van der Waals surface area (Å²) in [4.78, 5) is 12.0. The van der Waals surface area contributed by atoms with E-state index in [0.29, 0.717) is 15.6 Å².